The quantitative estimate of drug-likeness (QED) is 0.317. The molecule has 2 aliphatic heterocycles. The lowest BCUT2D eigenvalue weighted by molar-refractivity contribution is -0.142. The number of carbonyl (C=O) groups is 1. The van der Waals surface area contributed by atoms with Crippen molar-refractivity contribution in [2.24, 2.45) is 10.1 Å². The lowest BCUT2D eigenvalue weighted by Crippen LogP contribution is -2.55. The molecule has 30 heavy (non-hydrogen) atoms. The number of hydrogen-bond donors (Lipinski definition) is 2. The third kappa shape index (κ3) is 6.53. The van der Waals surface area contributed by atoms with Gasteiger partial charge in [-0.3, -0.25) is 4.79 Å². The zero-order valence-electron chi connectivity index (χ0n) is 17.1. The van der Waals surface area contributed by atoms with Crippen LogP contribution in [-0.4, -0.2) is 75.5 Å². The van der Waals surface area contributed by atoms with Crippen LogP contribution < -0.4 is 10.5 Å². The van der Waals surface area contributed by atoms with E-state index in [1.165, 1.54) is 6.07 Å². The average Bonchev–Trinajstić information content (AvgIpc) is 3.25. The maximum Gasteiger partial charge on any atom is 0.251 e. The molecule has 0 radical (unpaired) electrons. The fraction of sp³-hybridized carbons (Fsp3) is 0.579. The molecule has 168 valence electrons. The number of ether oxygens (including phenoxy) is 1. The second-order valence-corrected chi connectivity index (χ2v) is 8.74. The summed E-state index contributed by atoms with van der Waals surface area (Å²) in [6.45, 7) is 6.33. The van der Waals surface area contributed by atoms with Crippen molar-refractivity contribution in [3.63, 3.8) is 0 Å². The van der Waals surface area contributed by atoms with E-state index < -0.39 is 10.0 Å². The maximum atomic E-state index is 12.5. The SMILES string of the molecule is CCNC(=NCc1cccc(S(N)(=O)=O)c1)N1CCN(C(=O)C2CCCO2)CC1.I. The summed E-state index contributed by atoms with van der Waals surface area (Å²) in [7, 11) is -3.74. The summed E-state index contributed by atoms with van der Waals surface area (Å²) in [4.78, 5) is 21.2. The molecule has 1 atom stereocenters. The van der Waals surface area contributed by atoms with E-state index in [0.29, 0.717) is 45.9 Å². The average molecular weight is 551 g/mol. The Hall–Kier alpha value is -1.44. The molecule has 0 aromatic heterocycles. The highest BCUT2D eigenvalue weighted by Gasteiger charge is 2.30. The summed E-state index contributed by atoms with van der Waals surface area (Å²) >= 11 is 0. The van der Waals surface area contributed by atoms with Crippen LogP contribution in [0.3, 0.4) is 0 Å². The van der Waals surface area contributed by atoms with Gasteiger partial charge in [-0.05, 0) is 37.5 Å². The molecule has 1 aromatic carbocycles. The van der Waals surface area contributed by atoms with Crippen LogP contribution in [0.15, 0.2) is 34.2 Å². The summed E-state index contributed by atoms with van der Waals surface area (Å²) in [6.07, 6.45) is 1.47. The van der Waals surface area contributed by atoms with Gasteiger partial charge in [0.25, 0.3) is 5.91 Å². The van der Waals surface area contributed by atoms with Crippen LogP contribution in [0.1, 0.15) is 25.3 Å². The van der Waals surface area contributed by atoms with Crippen LogP contribution in [0, 0.1) is 0 Å². The normalized spacial score (nSPS) is 20.1. The first kappa shape index (κ1) is 24.8. The maximum absolute atomic E-state index is 12.5. The number of carbonyl (C=O) groups excluding carboxylic acids is 1. The summed E-state index contributed by atoms with van der Waals surface area (Å²) in [6, 6.07) is 6.49. The number of rotatable bonds is 5. The fourth-order valence-corrected chi connectivity index (χ4v) is 4.11. The molecule has 9 nitrogen and oxygen atoms in total. The second-order valence-electron chi connectivity index (χ2n) is 7.18. The molecule has 0 spiro atoms. The lowest BCUT2D eigenvalue weighted by Gasteiger charge is -2.37. The van der Waals surface area contributed by atoms with Crippen LogP contribution in [0.25, 0.3) is 0 Å². The van der Waals surface area contributed by atoms with Crippen molar-refractivity contribution in [3.05, 3.63) is 29.8 Å². The lowest BCUT2D eigenvalue weighted by atomic mass is 10.2. The van der Waals surface area contributed by atoms with Crippen LogP contribution in [0.5, 0.6) is 0 Å². The number of nitrogens with two attached hydrogens (primary N) is 1. The van der Waals surface area contributed by atoms with Gasteiger partial charge in [-0.1, -0.05) is 12.1 Å². The molecule has 3 rings (SSSR count). The predicted molar refractivity (Wildman–Crippen MR) is 125 cm³/mol. The van der Waals surface area contributed by atoms with Gasteiger partial charge in [0, 0.05) is 39.3 Å². The van der Waals surface area contributed by atoms with E-state index in [1.54, 1.807) is 12.1 Å². The molecule has 1 unspecified atom stereocenters. The molecule has 2 fully saturated rings. The van der Waals surface area contributed by atoms with Gasteiger partial charge in [-0.15, -0.1) is 24.0 Å². The van der Waals surface area contributed by atoms with Crippen LogP contribution >= 0.6 is 24.0 Å². The number of guanidine groups is 1. The largest absolute Gasteiger partial charge is 0.368 e. The molecule has 3 N–H and O–H groups in total. The Labute approximate surface area is 195 Å². The van der Waals surface area contributed by atoms with Crippen LogP contribution in [0.4, 0.5) is 0 Å². The molecule has 2 saturated heterocycles. The Kier molecular flexibility index (Phi) is 9.31. The van der Waals surface area contributed by atoms with Crippen molar-refractivity contribution >= 4 is 45.9 Å². The minimum absolute atomic E-state index is 0. The third-order valence-corrected chi connectivity index (χ3v) is 5.98. The van der Waals surface area contributed by atoms with E-state index in [4.69, 9.17) is 9.88 Å². The number of sulfonamides is 1. The van der Waals surface area contributed by atoms with Crippen LogP contribution in [-0.2, 0) is 26.1 Å². The van der Waals surface area contributed by atoms with Gasteiger partial charge in [-0.25, -0.2) is 18.5 Å². The Balaban J connectivity index is 0.00000320. The highest BCUT2D eigenvalue weighted by atomic mass is 127. The third-order valence-electron chi connectivity index (χ3n) is 5.07. The van der Waals surface area contributed by atoms with Crippen LogP contribution in [0.2, 0.25) is 0 Å². The Morgan fingerprint density at radius 3 is 2.57 bits per heavy atom. The van der Waals surface area contributed by atoms with Crippen molar-refractivity contribution in [3.8, 4) is 0 Å². The molecule has 0 saturated carbocycles. The van der Waals surface area contributed by atoms with Gasteiger partial charge in [0.15, 0.2) is 5.96 Å². The minimum Gasteiger partial charge on any atom is -0.368 e. The van der Waals surface area contributed by atoms with Crippen molar-refractivity contribution in [1.82, 2.24) is 15.1 Å². The van der Waals surface area contributed by atoms with E-state index in [-0.39, 0.29) is 40.9 Å². The minimum atomic E-state index is -3.74. The smallest absolute Gasteiger partial charge is 0.251 e. The number of aliphatic imine (C=N–C) groups is 1. The number of nitrogens with zero attached hydrogens (tertiary/aromatic N) is 3. The second kappa shape index (κ2) is 11.3. The number of hydrogen-bond acceptors (Lipinski definition) is 5. The van der Waals surface area contributed by atoms with E-state index in [1.807, 2.05) is 17.9 Å². The summed E-state index contributed by atoms with van der Waals surface area (Å²) in [5.74, 6) is 0.835. The number of primary sulfonamides is 1. The Bertz CT molecular complexity index is 850. The summed E-state index contributed by atoms with van der Waals surface area (Å²) < 4.78 is 28.6. The predicted octanol–water partition coefficient (Wildman–Crippen LogP) is 0.741. The highest BCUT2D eigenvalue weighted by Crippen LogP contribution is 2.16. The molecule has 1 aromatic rings. The molecule has 0 bridgehead atoms. The molecule has 0 aliphatic carbocycles. The number of benzene rings is 1. The first-order valence-corrected chi connectivity index (χ1v) is 11.5. The van der Waals surface area contributed by atoms with E-state index in [0.717, 1.165) is 24.4 Å². The van der Waals surface area contributed by atoms with E-state index in [9.17, 15) is 13.2 Å². The van der Waals surface area contributed by atoms with Crippen molar-refractivity contribution in [2.45, 2.75) is 37.3 Å². The highest BCUT2D eigenvalue weighted by molar-refractivity contribution is 14.0. The number of piperazine rings is 1. The fourth-order valence-electron chi connectivity index (χ4n) is 3.53. The van der Waals surface area contributed by atoms with Gasteiger partial charge in [0.1, 0.15) is 6.10 Å². The number of nitrogens with one attached hydrogen (secondary N) is 1. The summed E-state index contributed by atoms with van der Waals surface area (Å²) in [5, 5.41) is 8.47. The zero-order valence-corrected chi connectivity index (χ0v) is 20.3. The Morgan fingerprint density at radius 2 is 1.97 bits per heavy atom. The van der Waals surface area contributed by atoms with Gasteiger partial charge < -0.3 is 19.9 Å². The van der Waals surface area contributed by atoms with Gasteiger partial charge in [0.2, 0.25) is 10.0 Å². The number of amides is 1. The van der Waals surface area contributed by atoms with E-state index >= 15 is 0 Å². The number of halogens is 1. The standard InChI is InChI=1S/C19H29N5O4S.HI/c1-2-21-19(22-14-15-5-3-6-16(13-15)29(20,26)27)24-10-8-23(9-11-24)18(25)17-7-4-12-28-17;/h3,5-6,13,17H,2,4,7-12,14H2,1H3,(H,21,22)(H2,20,26,27);1H. The van der Waals surface area contributed by atoms with Crippen molar-refractivity contribution in [2.75, 3.05) is 39.3 Å². The van der Waals surface area contributed by atoms with E-state index in [2.05, 4.69) is 15.2 Å². The monoisotopic (exact) mass is 551 g/mol. The molecular formula is C19H30IN5O4S. The van der Waals surface area contributed by atoms with Gasteiger partial charge >= 0.3 is 0 Å². The molecule has 2 aliphatic rings. The van der Waals surface area contributed by atoms with Gasteiger partial charge in [-0.2, -0.15) is 0 Å². The first-order chi connectivity index (χ1) is 13.9. The molecule has 2 heterocycles. The molecule has 11 heteroatoms. The molecular weight excluding hydrogens is 521 g/mol. The Morgan fingerprint density at radius 1 is 1.27 bits per heavy atom. The summed E-state index contributed by atoms with van der Waals surface area (Å²) in [5.41, 5.74) is 0.763. The zero-order chi connectivity index (χ0) is 20.9. The molecule has 1 amide bonds. The van der Waals surface area contributed by atoms with Crippen molar-refractivity contribution in [1.29, 1.82) is 0 Å². The van der Waals surface area contributed by atoms with Crippen molar-refractivity contribution < 1.29 is 17.9 Å². The topological polar surface area (TPSA) is 117 Å². The van der Waals surface area contributed by atoms with Gasteiger partial charge in [0.05, 0.1) is 11.4 Å². The first-order valence-electron chi connectivity index (χ1n) is 9.94.